The molecular formula is C15H19BrN2OS. The molecule has 1 saturated carbocycles. The largest absolute Gasteiger partial charge is 0.496 e. The predicted octanol–water partition coefficient (Wildman–Crippen LogP) is 3.96. The average molecular weight is 355 g/mol. The highest BCUT2D eigenvalue weighted by atomic mass is 79.9. The Balaban J connectivity index is 1.58. The Morgan fingerprint density at radius 1 is 1.40 bits per heavy atom. The normalized spacial score (nSPS) is 24.8. The van der Waals surface area contributed by atoms with Gasteiger partial charge >= 0.3 is 0 Å². The van der Waals surface area contributed by atoms with Crippen LogP contribution in [0.3, 0.4) is 0 Å². The average Bonchev–Trinajstić information content (AvgIpc) is 2.88. The van der Waals surface area contributed by atoms with Crippen LogP contribution in [0, 0.1) is 0 Å². The molecule has 0 amide bonds. The lowest BCUT2D eigenvalue weighted by atomic mass is 9.92. The van der Waals surface area contributed by atoms with Crippen LogP contribution in [0.15, 0.2) is 27.7 Å². The number of fused-ring (bicyclic) bond motifs is 1. The molecule has 1 aliphatic carbocycles. The number of thioether (sulfide) groups is 1. The molecule has 1 aliphatic heterocycles. The first-order valence-corrected chi connectivity index (χ1v) is 8.83. The molecule has 0 aromatic heterocycles. The van der Waals surface area contributed by atoms with Gasteiger partial charge in [-0.1, -0.05) is 30.7 Å². The first kappa shape index (κ1) is 14.3. The summed E-state index contributed by atoms with van der Waals surface area (Å²) in [6.45, 7) is 0. The zero-order valence-corrected chi connectivity index (χ0v) is 14.0. The number of methoxy groups -OCH3 is 1. The van der Waals surface area contributed by atoms with Gasteiger partial charge in [0.1, 0.15) is 5.75 Å². The van der Waals surface area contributed by atoms with Gasteiger partial charge in [0.2, 0.25) is 0 Å². The number of rotatable bonds is 3. The van der Waals surface area contributed by atoms with Gasteiger partial charge in [0, 0.05) is 5.75 Å². The van der Waals surface area contributed by atoms with E-state index in [9.17, 15) is 0 Å². The molecule has 0 spiro atoms. The lowest BCUT2D eigenvalue weighted by molar-refractivity contribution is 0.385. The van der Waals surface area contributed by atoms with Crippen molar-refractivity contribution in [2.45, 2.75) is 43.5 Å². The van der Waals surface area contributed by atoms with E-state index in [-0.39, 0.29) is 0 Å². The van der Waals surface area contributed by atoms with E-state index in [0.717, 1.165) is 21.1 Å². The van der Waals surface area contributed by atoms with Gasteiger partial charge in [0.15, 0.2) is 5.17 Å². The summed E-state index contributed by atoms with van der Waals surface area (Å²) in [6.07, 6.45) is 5.19. The Morgan fingerprint density at radius 3 is 3.00 bits per heavy atom. The number of hydrogen-bond acceptors (Lipinski definition) is 4. The predicted molar refractivity (Wildman–Crippen MR) is 88.6 cm³/mol. The second-order valence-corrected chi connectivity index (χ2v) is 7.11. The van der Waals surface area contributed by atoms with E-state index in [0.29, 0.717) is 12.1 Å². The van der Waals surface area contributed by atoms with Crippen LogP contribution in [-0.2, 0) is 5.75 Å². The fourth-order valence-electron chi connectivity index (χ4n) is 2.81. The van der Waals surface area contributed by atoms with Crippen molar-refractivity contribution in [1.29, 1.82) is 0 Å². The maximum atomic E-state index is 5.25. The Hall–Kier alpha value is -0.680. The third-order valence-electron chi connectivity index (χ3n) is 3.91. The topological polar surface area (TPSA) is 33.6 Å². The molecule has 0 radical (unpaired) electrons. The number of nitrogens with zero attached hydrogens (tertiary/aromatic N) is 1. The summed E-state index contributed by atoms with van der Waals surface area (Å²) in [5.74, 6) is 1.81. The highest BCUT2D eigenvalue weighted by molar-refractivity contribution is 9.10. The van der Waals surface area contributed by atoms with Crippen molar-refractivity contribution in [1.82, 2.24) is 5.32 Å². The Labute approximate surface area is 132 Å². The van der Waals surface area contributed by atoms with Gasteiger partial charge in [0.05, 0.1) is 23.7 Å². The van der Waals surface area contributed by atoms with Crippen LogP contribution < -0.4 is 10.1 Å². The minimum absolute atomic E-state index is 0.522. The number of halogens is 1. The van der Waals surface area contributed by atoms with Gasteiger partial charge in [-0.05, 0) is 46.5 Å². The van der Waals surface area contributed by atoms with E-state index in [4.69, 9.17) is 9.73 Å². The van der Waals surface area contributed by atoms with Crippen LogP contribution in [0.25, 0.3) is 0 Å². The van der Waals surface area contributed by atoms with Gasteiger partial charge in [-0.15, -0.1) is 0 Å². The number of amidine groups is 1. The van der Waals surface area contributed by atoms with Crippen molar-refractivity contribution in [3.05, 3.63) is 28.2 Å². The van der Waals surface area contributed by atoms with Gasteiger partial charge in [-0.2, -0.15) is 0 Å². The number of ether oxygens (including phenoxy) is 1. The molecule has 2 aliphatic rings. The lowest BCUT2D eigenvalue weighted by Gasteiger charge is -2.23. The summed E-state index contributed by atoms with van der Waals surface area (Å²) in [6, 6.07) is 7.35. The number of nitrogens with one attached hydrogen (secondary N) is 1. The zero-order valence-electron chi connectivity index (χ0n) is 11.6. The number of hydrogen-bond donors (Lipinski definition) is 1. The van der Waals surface area contributed by atoms with Crippen molar-refractivity contribution < 1.29 is 4.74 Å². The van der Waals surface area contributed by atoms with Crippen LogP contribution in [0.4, 0.5) is 0 Å². The summed E-state index contributed by atoms with van der Waals surface area (Å²) in [5.41, 5.74) is 1.28. The van der Waals surface area contributed by atoms with Crippen LogP contribution in [0.1, 0.15) is 31.2 Å². The Morgan fingerprint density at radius 2 is 2.25 bits per heavy atom. The summed E-state index contributed by atoms with van der Waals surface area (Å²) in [5, 5.41) is 4.70. The Bertz CT molecular complexity index is 521. The third-order valence-corrected chi connectivity index (χ3v) is 5.51. The van der Waals surface area contributed by atoms with Gasteiger partial charge in [-0.25, -0.2) is 0 Å². The first-order chi connectivity index (χ1) is 9.76. The fraction of sp³-hybridized carbons (Fsp3) is 0.533. The van der Waals surface area contributed by atoms with E-state index < -0.39 is 0 Å². The molecule has 20 heavy (non-hydrogen) atoms. The van der Waals surface area contributed by atoms with Crippen LogP contribution >= 0.6 is 27.7 Å². The van der Waals surface area contributed by atoms with E-state index in [1.807, 2.05) is 6.07 Å². The third kappa shape index (κ3) is 3.14. The van der Waals surface area contributed by atoms with Crippen LogP contribution in [0.5, 0.6) is 5.75 Å². The fourth-order valence-corrected chi connectivity index (χ4v) is 4.33. The molecule has 3 nitrogen and oxygen atoms in total. The van der Waals surface area contributed by atoms with Gasteiger partial charge < -0.3 is 10.1 Å². The molecule has 3 rings (SSSR count). The van der Waals surface area contributed by atoms with Gasteiger partial charge in [0.25, 0.3) is 0 Å². The monoisotopic (exact) mass is 354 g/mol. The smallest absolute Gasteiger partial charge is 0.157 e. The summed E-state index contributed by atoms with van der Waals surface area (Å²) in [4.78, 5) is 4.81. The number of aliphatic imine (C=N–C) groups is 1. The SMILES string of the molecule is COc1ccc(CSC2=NC3CCCCC3N2)cc1Br. The van der Waals surface area contributed by atoms with Gasteiger partial charge in [-0.3, -0.25) is 4.99 Å². The molecule has 1 aromatic rings. The quantitative estimate of drug-likeness (QED) is 0.891. The molecule has 1 aromatic carbocycles. The lowest BCUT2D eigenvalue weighted by Crippen LogP contribution is -2.36. The summed E-state index contributed by atoms with van der Waals surface area (Å²) in [7, 11) is 1.69. The molecule has 0 saturated heterocycles. The molecule has 1 heterocycles. The van der Waals surface area contributed by atoms with Crippen LogP contribution in [0.2, 0.25) is 0 Å². The minimum Gasteiger partial charge on any atom is -0.496 e. The highest BCUT2D eigenvalue weighted by Crippen LogP contribution is 2.30. The number of benzene rings is 1. The van der Waals surface area contributed by atoms with Crippen molar-refractivity contribution >= 4 is 32.9 Å². The summed E-state index contributed by atoms with van der Waals surface area (Å²) < 4.78 is 6.26. The van der Waals surface area contributed by atoms with Crippen molar-refractivity contribution in [2.24, 2.45) is 4.99 Å². The highest BCUT2D eigenvalue weighted by Gasteiger charge is 2.30. The molecular weight excluding hydrogens is 336 g/mol. The molecule has 2 unspecified atom stereocenters. The standard InChI is InChI=1S/C15H19BrN2OS/c1-19-14-7-6-10(8-11(14)16)9-20-15-17-12-4-2-3-5-13(12)18-15/h6-8,12-13H,2-5,9H2,1H3,(H,17,18). The van der Waals surface area contributed by atoms with Crippen molar-refractivity contribution in [2.75, 3.05) is 7.11 Å². The van der Waals surface area contributed by atoms with E-state index in [1.165, 1.54) is 31.2 Å². The molecule has 0 bridgehead atoms. The van der Waals surface area contributed by atoms with E-state index >= 15 is 0 Å². The second kappa shape index (κ2) is 6.39. The molecule has 5 heteroatoms. The van der Waals surface area contributed by atoms with E-state index in [1.54, 1.807) is 18.9 Å². The molecule has 108 valence electrons. The molecule has 2 atom stereocenters. The molecule has 1 N–H and O–H groups in total. The van der Waals surface area contributed by atoms with E-state index in [2.05, 4.69) is 33.4 Å². The van der Waals surface area contributed by atoms with Crippen LogP contribution in [-0.4, -0.2) is 24.4 Å². The Kier molecular flexibility index (Phi) is 4.56. The molecule has 1 fully saturated rings. The maximum Gasteiger partial charge on any atom is 0.157 e. The zero-order chi connectivity index (χ0) is 13.9. The minimum atomic E-state index is 0.522. The van der Waals surface area contributed by atoms with Crippen molar-refractivity contribution in [3.63, 3.8) is 0 Å². The van der Waals surface area contributed by atoms with Crippen molar-refractivity contribution in [3.8, 4) is 5.75 Å². The summed E-state index contributed by atoms with van der Waals surface area (Å²) >= 11 is 5.33. The first-order valence-electron chi connectivity index (χ1n) is 7.06. The second-order valence-electron chi connectivity index (χ2n) is 5.29. The maximum absolute atomic E-state index is 5.25.